The molecule has 1 amide bonds. The molecule has 0 aliphatic carbocycles. The monoisotopic (exact) mass is 314 g/mol. The second-order valence-corrected chi connectivity index (χ2v) is 7.79. The molecule has 1 N–H and O–H groups in total. The smallest absolute Gasteiger partial charge is 0.241 e. The number of carbonyl (C=O) groups is 1. The van der Waals surface area contributed by atoms with Crippen molar-refractivity contribution in [2.45, 2.75) is 32.5 Å². The Morgan fingerprint density at radius 1 is 1.55 bits per heavy atom. The molecular weight excluding hydrogens is 292 g/mol. The molecule has 4 nitrogen and oxygen atoms in total. The van der Waals surface area contributed by atoms with Crippen LogP contribution in [-0.2, 0) is 15.6 Å². The lowest BCUT2D eigenvalue weighted by Crippen LogP contribution is -2.36. The van der Waals surface area contributed by atoms with Gasteiger partial charge in [0.2, 0.25) is 5.91 Å². The van der Waals surface area contributed by atoms with E-state index in [0.29, 0.717) is 18.2 Å². The first-order chi connectivity index (χ1) is 9.54. The number of nitrogens with zero attached hydrogens (tertiary/aromatic N) is 1. The maximum Gasteiger partial charge on any atom is 0.241 e. The molecule has 1 aliphatic rings. The van der Waals surface area contributed by atoms with Crippen LogP contribution in [0, 0.1) is 5.92 Å². The van der Waals surface area contributed by atoms with Crippen LogP contribution in [0.4, 0.5) is 0 Å². The summed E-state index contributed by atoms with van der Waals surface area (Å²) in [6.07, 6.45) is 2.58. The van der Waals surface area contributed by atoms with Crippen molar-refractivity contribution in [1.82, 2.24) is 10.2 Å². The predicted molar refractivity (Wildman–Crippen MR) is 84.1 cm³/mol. The summed E-state index contributed by atoms with van der Waals surface area (Å²) < 4.78 is 11.3. The van der Waals surface area contributed by atoms with Crippen LogP contribution in [0.2, 0.25) is 0 Å². The largest absolute Gasteiger partial charge is 0.320 e. The summed E-state index contributed by atoms with van der Waals surface area (Å²) in [6, 6.07) is 3.92. The predicted octanol–water partition coefficient (Wildman–Crippen LogP) is 1.97. The normalized spacial score (nSPS) is 25.9. The van der Waals surface area contributed by atoms with Crippen molar-refractivity contribution in [2.75, 3.05) is 18.6 Å². The van der Waals surface area contributed by atoms with Crippen molar-refractivity contribution in [3.05, 3.63) is 22.4 Å². The van der Waals surface area contributed by atoms with Gasteiger partial charge in [0.25, 0.3) is 0 Å². The first-order valence-electron chi connectivity index (χ1n) is 6.94. The lowest BCUT2D eigenvalue weighted by atomic mass is 9.99. The number of hydrogen-bond acceptors (Lipinski definition) is 4. The Hall–Kier alpha value is -0.720. The summed E-state index contributed by atoms with van der Waals surface area (Å²) in [7, 11) is -0.880. The van der Waals surface area contributed by atoms with Crippen molar-refractivity contribution in [1.29, 1.82) is 0 Å². The molecule has 0 aromatic carbocycles. The molecule has 1 saturated heterocycles. The van der Waals surface area contributed by atoms with E-state index in [4.69, 9.17) is 0 Å². The minimum atomic E-state index is -0.880. The molecule has 6 heteroatoms. The fourth-order valence-electron chi connectivity index (χ4n) is 2.43. The second-order valence-electron chi connectivity index (χ2n) is 5.26. The van der Waals surface area contributed by atoms with Gasteiger partial charge < -0.3 is 4.90 Å². The average Bonchev–Trinajstić information content (AvgIpc) is 3.03. The van der Waals surface area contributed by atoms with Gasteiger partial charge in [0.05, 0.1) is 6.04 Å². The highest BCUT2D eigenvalue weighted by atomic mass is 32.2. The van der Waals surface area contributed by atoms with E-state index in [2.05, 4.69) is 19.2 Å². The van der Waals surface area contributed by atoms with Gasteiger partial charge in [-0.25, -0.2) is 0 Å². The van der Waals surface area contributed by atoms with Gasteiger partial charge in [-0.05, 0) is 17.4 Å². The third kappa shape index (κ3) is 3.30. The molecule has 1 aromatic rings. The van der Waals surface area contributed by atoms with E-state index in [-0.39, 0.29) is 18.1 Å². The van der Waals surface area contributed by atoms with Crippen LogP contribution in [0.3, 0.4) is 0 Å². The Morgan fingerprint density at radius 2 is 2.30 bits per heavy atom. The van der Waals surface area contributed by atoms with E-state index in [9.17, 15) is 9.00 Å². The van der Waals surface area contributed by atoms with E-state index < -0.39 is 10.8 Å². The highest BCUT2D eigenvalue weighted by Crippen LogP contribution is 2.31. The quantitative estimate of drug-likeness (QED) is 0.873. The number of hydrogen-bond donors (Lipinski definition) is 1. The van der Waals surface area contributed by atoms with Crippen LogP contribution in [-0.4, -0.2) is 39.6 Å². The topological polar surface area (TPSA) is 49.4 Å². The summed E-state index contributed by atoms with van der Waals surface area (Å²) >= 11 is 1.65. The van der Waals surface area contributed by atoms with Gasteiger partial charge in [0.1, 0.15) is 6.17 Å². The van der Waals surface area contributed by atoms with Gasteiger partial charge in [-0.1, -0.05) is 26.3 Å². The van der Waals surface area contributed by atoms with Gasteiger partial charge in [-0.3, -0.25) is 14.3 Å². The SMILES string of the molecule is CCC(C)C1NC(c2cccs2)N(CCS(C)=O)C1=O. The molecule has 0 spiro atoms. The van der Waals surface area contributed by atoms with Gasteiger partial charge >= 0.3 is 0 Å². The third-order valence-corrected chi connectivity index (χ3v) is 5.53. The Bertz CT molecular complexity index is 476. The Morgan fingerprint density at radius 3 is 2.85 bits per heavy atom. The van der Waals surface area contributed by atoms with E-state index in [1.165, 1.54) is 0 Å². The fraction of sp³-hybridized carbons (Fsp3) is 0.643. The van der Waals surface area contributed by atoms with Crippen LogP contribution in [0.5, 0.6) is 0 Å². The van der Waals surface area contributed by atoms with Crippen molar-refractivity contribution in [3.8, 4) is 0 Å². The lowest BCUT2D eigenvalue weighted by Gasteiger charge is -2.22. The zero-order valence-corrected chi connectivity index (χ0v) is 13.8. The molecule has 0 saturated carbocycles. The number of nitrogens with one attached hydrogen (secondary N) is 1. The van der Waals surface area contributed by atoms with Crippen LogP contribution < -0.4 is 5.32 Å². The fourth-order valence-corrected chi connectivity index (χ4v) is 3.68. The molecule has 1 fully saturated rings. The molecule has 4 atom stereocenters. The van der Waals surface area contributed by atoms with E-state index in [1.807, 2.05) is 22.4 Å². The van der Waals surface area contributed by atoms with Gasteiger partial charge in [-0.15, -0.1) is 11.3 Å². The zero-order valence-electron chi connectivity index (χ0n) is 12.2. The molecule has 4 unspecified atom stereocenters. The van der Waals surface area contributed by atoms with E-state index >= 15 is 0 Å². The minimum Gasteiger partial charge on any atom is -0.320 e. The number of rotatable bonds is 6. The first kappa shape index (κ1) is 15.7. The second kappa shape index (κ2) is 6.83. The maximum atomic E-state index is 12.6. The number of thiophene rings is 1. The standard InChI is InChI=1S/C14H22N2O2S2/c1-4-10(2)12-14(17)16(7-9-20(3)18)13(15-12)11-6-5-8-19-11/h5-6,8,10,12-13,15H,4,7,9H2,1-3H3. The highest BCUT2D eigenvalue weighted by Gasteiger charge is 2.41. The average molecular weight is 314 g/mol. The summed E-state index contributed by atoms with van der Waals surface area (Å²) in [5.74, 6) is 0.980. The molecule has 0 radical (unpaired) electrons. The van der Waals surface area contributed by atoms with Gasteiger partial charge in [-0.2, -0.15) is 0 Å². The van der Waals surface area contributed by atoms with E-state index in [0.717, 1.165) is 11.3 Å². The number of carbonyl (C=O) groups excluding carboxylic acids is 1. The van der Waals surface area contributed by atoms with Crippen LogP contribution in [0.15, 0.2) is 17.5 Å². The molecular formula is C14H22N2O2S2. The van der Waals surface area contributed by atoms with Crippen molar-refractivity contribution < 1.29 is 9.00 Å². The summed E-state index contributed by atoms with van der Waals surface area (Å²) in [6.45, 7) is 4.75. The lowest BCUT2D eigenvalue weighted by molar-refractivity contribution is -0.130. The van der Waals surface area contributed by atoms with Crippen molar-refractivity contribution >= 4 is 28.0 Å². The first-order valence-corrected chi connectivity index (χ1v) is 9.55. The molecule has 1 aliphatic heterocycles. The molecule has 2 rings (SSSR count). The molecule has 112 valence electrons. The Labute approximate surface area is 127 Å². The summed E-state index contributed by atoms with van der Waals surface area (Å²) in [5, 5.41) is 5.48. The Kier molecular flexibility index (Phi) is 5.35. The van der Waals surface area contributed by atoms with Crippen LogP contribution >= 0.6 is 11.3 Å². The minimum absolute atomic E-state index is 0.0648. The molecule has 0 bridgehead atoms. The van der Waals surface area contributed by atoms with Crippen molar-refractivity contribution in [3.63, 3.8) is 0 Å². The zero-order chi connectivity index (χ0) is 14.7. The maximum absolute atomic E-state index is 12.6. The number of amides is 1. The van der Waals surface area contributed by atoms with Gasteiger partial charge in [0, 0.05) is 34.2 Å². The van der Waals surface area contributed by atoms with Gasteiger partial charge in [0.15, 0.2) is 0 Å². The van der Waals surface area contributed by atoms with Crippen LogP contribution in [0.25, 0.3) is 0 Å². The summed E-state index contributed by atoms with van der Waals surface area (Å²) in [4.78, 5) is 15.6. The molecule has 1 aromatic heterocycles. The summed E-state index contributed by atoms with van der Waals surface area (Å²) in [5.41, 5.74) is 0. The molecule has 20 heavy (non-hydrogen) atoms. The van der Waals surface area contributed by atoms with E-state index in [1.54, 1.807) is 17.6 Å². The van der Waals surface area contributed by atoms with Crippen molar-refractivity contribution in [2.24, 2.45) is 5.92 Å². The van der Waals surface area contributed by atoms with Crippen LogP contribution in [0.1, 0.15) is 31.3 Å². The highest BCUT2D eigenvalue weighted by molar-refractivity contribution is 7.84. The Balaban J connectivity index is 2.19. The molecule has 2 heterocycles. The third-order valence-electron chi connectivity index (χ3n) is 3.84.